The number of hydrogen-bond acceptors (Lipinski definition) is 3. The number of benzene rings is 1. The summed E-state index contributed by atoms with van der Waals surface area (Å²) < 4.78 is 0. The molecule has 3 atom stereocenters. The van der Waals surface area contributed by atoms with Crippen LogP contribution in [0.3, 0.4) is 0 Å². The average molecular weight is 310 g/mol. The zero-order chi connectivity index (χ0) is 15.6. The van der Waals surface area contributed by atoms with Gasteiger partial charge in [-0.3, -0.25) is 4.90 Å². The van der Waals surface area contributed by atoms with Crippen molar-refractivity contribution in [2.45, 2.75) is 51.7 Å². The average Bonchev–Trinajstić information content (AvgIpc) is 2.46. The number of anilines is 1. The van der Waals surface area contributed by atoms with Crippen LogP contribution in [-0.4, -0.2) is 43.2 Å². The lowest BCUT2D eigenvalue weighted by atomic mass is 10.00. The number of likely N-dealkylation sites (N-methyl/N-ethyl adjacent to an activating group) is 1. The van der Waals surface area contributed by atoms with Crippen molar-refractivity contribution in [2.75, 3.05) is 25.0 Å². The third-order valence-electron chi connectivity index (χ3n) is 4.79. The third kappa shape index (κ3) is 3.71. The van der Waals surface area contributed by atoms with Crippen molar-refractivity contribution in [3.05, 3.63) is 28.8 Å². The van der Waals surface area contributed by atoms with Crippen LogP contribution in [-0.2, 0) is 6.42 Å². The lowest BCUT2D eigenvalue weighted by molar-refractivity contribution is 0.170. The van der Waals surface area contributed by atoms with Gasteiger partial charge in [-0.1, -0.05) is 24.6 Å². The summed E-state index contributed by atoms with van der Waals surface area (Å²) in [7, 11) is 2.21. The van der Waals surface area contributed by atoms with Crippen LogP contribution >= 0.6 is 11.6 Å². The molecule has 1 saturated heterocycles. The van der Waals surface area contributed by atoms with E-state index in [9.17, 15) is 0 Å². The van der Waals surface area contributed by atoms with Gasteiger partial charge in [-0.2, -0.15) is 0 Å². The molecule has 2 N–H and O–H groups in total. The van der Waals surface area contributed by atoms with E-state index in [1.54, 1.807) is 0 Å². The Bertz CT molecular complexity index is 465. The number of rotatable bonds is 4. The first kappa shape index (κ1) is 16.6. The highest BCUT2D eigenvalue weighted by Gasteiger charge is 2.28. The van der Waals surface area contributed by atoms with Crippen molar-refractivity contribution < 1.29 is 0 Å². The summed E-state index contributed by atoms with van der Waals surface area (Å²) in [6, 6.07) is 7.47. The highest BCUT2D eigenvalue weighted by molar-refractivity contribution is 6.31. The smallest absolute Gasteiger partial charge is 0.0459 e. The number of hydrogen-bond donors (Lipinski definition) is 1. The van der Waals surface area contributed by atoms with Gasteiger partial charge in [0.1, 0.15) is 0 Å². The molecule has 0 bridgehead atoms. The summed E-state index contributed by atoms with van der Waals surface area (Å²) in [4.78, 5) is 4.91. The second-order valence-corrected chi connectivity index (χ2v) is 6.79. The third-order valence-corrected chi connectivity index (χ3v) is 5.14. The molecule has 1 heterocycles. The topological polar surface area (TPSA) is 32.5 Å². The van der Waals surface area contributed by atoms with E-state index in [0.717, 1.165) is 31.0 Å². The first-order valence-electron chi connectivity index (χ1n) is 7.93. The molecule has 1 aliphatic rings. The lowest BCUT2D eigenvalue weighted by Gasteiger charge is -2.44. The van der Waals surface area contributed by atoms with Gasteiger partial charge in [-0.25, -0.2) is 0 Å². The molecule has 0 aliphatic carbocycles. The summed E-state index contributed by atoms with van der Waals surface area (Å²) in [5.74, 6) is 0. The van der Waals surface area contributed by atoms with Crippen molar-refractivity contribution in [3.63, 3.8) is 0 Å². The van der Waals surface area contributed by atoms with Gasteiger partial charge < -0.3 is 10.6 Å². The Morgan fingerprint density at radius 2 is 1.90 bits per heavy atom. The van der Waals surface area contributed by atoms with Crippen LogP contribution in [0, 0.1) is 0 Å². The second-order valence-electron chi connectivity index (χ2n) is 6.38. The van der Waals surface area contributed by atoms with Gasteiger partial charge in [0.25, 0.3) is 0 Å². The molecule has 1 fully saturated rings. The van der Waals surface area contributed by atoms with Gasteiger partial charge in [-0.05, 0) is 51.4 Å². The molecule has 2 rings (SSSR count). The van der Waals surface area contributed by atoms with Crippen molar-refractivity contribution in [2.24, 2.45) is 5.73 Å². The maximum Gasteiger partial charge on any atom is 0.0459 e. The van der Waals surface area contributed by atoms with Crippen molar-refractivity contribution in [1.29, 1.82) is 0 Å². The van der Waals surface area contributed by atoms with Gasteiger partial charge >= 0.3 is 0 Å². The minimum absolute atomic E-state index is 0.172. The molecule has 1 aliphatic heterocycles. The Kier molecular flexibility index (Phi) is 5.53. The summed E-state index contributed by atoms with van der Waals surface area (Å²) in [6.45, 7) is 8.77. The van der Waals surface area contributed by atoms with Gasteiger partial charge in [0.05, 0.1) is 0 Å². The largest absolute Gasteiger partial charge is 0.368 e. The van der Waals surface area contributed by atoms with Crippen LogP contribution in [0.25, 0.3) is 0 Å². The Balaban J connectivity index is 2.29. The minimum atomic E-state index is 0.172. The molecule has 1 aromatic carbocycles. The molecule has 0 radical (unpaired) electrons. The van der Waals surface area contributed by atoms with E-state index in [0.29, 0.717) is 12.1 Å². The molecule has 21 heavy (non-hydrogen) atoms. The fourth-order valence-corrected chi connectivity index (χ4v) is 3.30. The van der Waals surface area contributed by atoms with Gasteiger partial charge in [0, 0.05) is 41.9 Å². The van der Waals surface area contributed by atoms with Crippen LogP contribution in [0.5, 0.6) is 0 Å². The molecule has 0 aromatic heterocycles. The first-order chi connectivity index (χ1) is 9.93. The predicted octanol–water partition coefficient (Wildman–Crippen LogP) is 3.15. The molecule has 0 saturated carbocycles. The van der Waals surface area contributed by atoms with Crippen LogP contribution < -0.4 is 10.6 Å². The summed E-state index contributed by atoms with van der Waals surface area (Å²) >= 11 is 6.46. The molecular formula is C17H28ClN3. The Morgan fingerprint density at radius 3 is 2.48 bits per heavy atom. The van der Waals surface area contributed by atoms with E-state index in [1.165, 1.54) is 11.3 Å². The fraction of sp³-hybridized carbons (Fsp3) is 0.647. The molecule has 3 unspecified atom stereocenters. The normalized spacial score (nSPS) is 25.1. The molecule has 1 aromatic rings. The molecule has 118 valence electrons. The summed E-state index contributed by atoms with van der Waals surface area (Å²) in [5.41, 5.74) is 8.63. The van der Waals surface area contributed by atoms with E-state index in [2.05, 4.69) is 43.7 Å². The van der Waals surface area contributed by atoms with Crippen LogP contribution in [0.1, 0.15) is 32.8 Å². The zero-order valence-electron chi connectivity index (χ0n) is 13.6. The number of nitrogens with zero attached hydrogens (tertiary/aromatic N) is 2. The minimum Gasteiger partial charge on any atom is -0.368 e. The first-order valence-corrected chi connectivity index (χ1v) is 8.31. The fourth-order valence-electron chi connectivity index (χ4n) is 3.05. The van der Waals surface area contributed by atoms with E-state index in [4.69, 9.17) is 17.3 Å². The van der Waals surface area contributed by atoms with Crippen molar-refractivity contribution in [3.8, 4) is 0 Å². The zero-order valence-corrected chi connectivity index (χ0v) is 14.4. The Labute approximate surface area is 134 Å². The van der Waals surface area contributed by atoms with Crippen LogP contribution in [0.4, 0.5) is 5.69 Å². The highest BCUT2D eigenvalue weighted by atomic mass is 35.5. The molecule has 0 spiro atoms. The van der Waals surface area contributed by atoms with Gasteiger partial charge in [-0.15, -0.1) is 0 Å². The quantitative estimate of drug-likeness (QED) is 0.927. The van der Waals surface area contributed by atoms with Crippen LogP contribution in [0.2, 0.25) is 5.02 Å². The van der Waals surface area contributed by atoms with E-state index in [1.807, 2.05) is 12.1 Å². The van der Waals surface area contributed by atoms with E-state index < -0.39 is 0 Å². The van der Waals surface area contributed by atoms with Crippen molar-refractivity contribution in [1.82, 2.24) is 4.90 Å². The standard InChI is InChI=1S/C17H28ClN3/c1-5-14(19)9-15-16(18)7-6-8-17(15)21-10-12(2)20(4)13(3)11-21/h6-8,12-14H,5,9-11,19H2,1-4H3. The molecule has 3 nitrogen and oxygen atoms in total. The van der Waals surface area contributed by atoms with Crippen LogP contribution in [0.15, 0.2) is 18.2 Å². The van der Waals surface area contributed by atoms with E-state index in [-0.39, 0.29) is 6.04 Å². The second kappa shape index (κ2) is 6.99. The monoisotopic (exact) mass is 309 g/mol. The van der Waals surface area contributed by atoms with E-state index >= 15 is 0 Å². The predicted molar refractivity (Wildman–Crippen MR) is 92.3 cm³/mol. The summed E-state index contributed by atoms with van der Waals surface area (Å²) in [5, 5.41) is 0.843. The van der Waals surface area contributed by atoms with Crippen molar-refractivity contribution >= 4 is 17.3 Å². The number of halogens is 1. The molecule has 0 amide bonds. The number of piperazine rings is 1. The maximum atomic E-state index is 6.46. The highest BCUT2D eigenvalue weighted by Crippen LogP contribution is 2.31. The molecular weight excluding hydrogens is 282 g/mol. The maximum absolute atomic E-state index is 6.46. The Hall–Kier alpha value is -0.770. The van der Waals surface area contributed by atoms with Gasteiger partial charge in [0.2, 0.25) is 0 Å². The summed E-state index contributed by atoms with van der Waals surface area (Å²) in [6.07, 6.45) is 1.82. The lowest BCUT2D eigenvalue weighted by Crippen LogP contribution is -2.55. The van der Waals surface area contributed by atoms with Gasteiger partial charge in [0.15, 0.2) is 0 Å². The molecule has 4 heteroatoms. The SMILES string of the molecule is CCC(N)Cc1c(Cl)cccc1N1CC(C)N(C)C(C)C1. The number of nitrogens with two attached hydrogens (primary N) is 1. The Morgan fingerprint density at radius 1 is 1.29 bits per heavy atom.